The van der Waals surface area contributed by atoms with Gasteiger partial charge in [0, 0.05) is 4.47 Å². The minimum Gasteiger partial charge on any atom is -0.465 e. The van der Waals surface area contributed by atoms with Gasteiger partial charge >= 0.3 is 5.97 Å². The van der Waals surface area contributed by atoms with Gasteiger partial charge in [-0.2, -0.15) is 15.8 Å². The van der Waals surface area contributed by atoms with E-state index in [9.17, 15) is 4.79 Å². The average Bonchev–Trinajstić information content (AvgIpc) is 2.49. The molecule has 0 aliphatic rings. The van der Waals surface area contributed by atoms with Gasteiger partial charge in [-0.25, -0.2) is 4.79 Å². The van der Waals surface area contributed by atoms with E-state index < -0.39 is 5.97 Å². The van der Waals surface area contributed by atoms with Gasteiger partial charge in [0.2, 0.25) is 0 Å². The molecule has 1 rings (SSSR count). The number of nitrogens with zero attached hydrogens (tertiary/aromatic N) is 3. The van der Waals surface area contributed by atoms with Crippen LogP contribution in [0.2, 0.25) is 0 Å². The fourth-order valence-electron chi connectivity index (χ4n) is 1.59. The van der Waals surface area contributed by atoms with Crippen molar-refractivity contribution in [2.75, 3.05) is 12.4 Å². The van der Waals surface area contributed by atoms with Crippen LogP contribution in [0, 0.1) is 40.9 Å². The van der Waals surface area contributed by atoms with Crippen LogP contribution in [0.25, 0.3) is 0 Å². The highest BCUT2D eigenvalue weighted by Gasteiger charge is 2.21. The zero-order chi connectivity index (χ0) is 16.9. The lowest BCUT2D eigenvalue weighted by Gasteiger charge is -2.15. The van der Waals surface area contributed by atoms with Gasteiger partial charge in [0.15, 0.2) is 5.57 Å². The number of carbonyl (C=O) groups is 1. The average molecular weight is 424 g/mol. The molecule has 0 atom stereocenters. The van der Waals surface area contributed by atoms with E-state index in [1.165, 1.54) is 7.11 Å². The Kier molecular flexibility index (Phi) is 6.12. The molecule has 0 fully saturated rings. The third-order valence-corrected chi connectivity index (χ3v) is 4.06. The number of halogens is 2. The van der Waals surface area contributed by atoms with E-state index in [0.717, 1.165) is 0 Å². The van der Waals surface area contributed by atoms with Crippen molar-refractivity contribution in [2.24, 2.45) is 0 Å². The lowest BCUT2D eigenvalue weighted by atomic mass is 10.1. The maximum atomic E-state index is 11.8. The molecule has 6 nitrogen and oxygen atoms in total. The number of ether oxygens (including phenoxy) is 1. The van der Waals surface area contributed by atoms with Gasteiger partial charge in [-0.15, -0.1) is 0 Å². The minimum atomic E-state index is -0.579. The first-order chi connectivity index (χ1) is 10.4. The molecule has 0 aromatic heterocycles. The predicted octanol–water partition coefficient (Wildman–Crippen LogP) is 3.54. The van der Waals surface area contributed by atoms with E-state index in [-0.39, 0.29) is 16.8 Å². The van der Waals surface area contributed by atoms with Gasteiger partial charge in [-0.3, -0.25) is 0 Å². The number of anilines is 1. The van der Waals surface area contributed by atoms with Crippen LogP contribution in [-0.2, 0) is 4.74 Å². The van der Waals surface area contributed by atoms with E-state index in [1.807, 2.05) is 0 Å². The van der Waals surface area contributed by atoms with Crippen LogP contribution in [0.5, 0.6) is 0 Å². The van der Waals surface area contributed by atoms with Crippen LogP contribution in [0.3, 0.4) is 0 Å². The normalized spacial score (nSPS) is 8.95. The molecule has 0 bridgehead atoms. The van der Waals surface area contributed by atoms with Gasteiger partial charge in [0.25, 0.3) is 0 Å². The van der Waals surface area contributed by atoms with Gasteiger partial charge in [0.1, 0.15) is 23.9 Å². The summed E-state index contributed by atoms with van der Waals surface area (Å²) in [6.45, 7) is 1.74. The van der Waals surface area contributed by atoms with Crippen LogP contribution in [0.15, 0.2) is 26.3 Å². The van der Waals surface area contributed by atoms with Gasteiger partial charge in [-0.05, 0) is 50.4 Å². The lowest BCUT2D eigenvalue weighted by Crippen LogP contribution is -2.09. The SMILES string of the molecule is COC(=O)c1c(Br)cc(C)c(NC(C#N)=C(C#N)C#N)c1Br. The first-order valence-electron chi connectivity index (χ1n) is 5.69. The molecule has 1 aromatic rings. The Morgan fingerprint density at radius 2 is 1.82 bits per heavy atom. The molecular weight excluding hydrogens is 416 g/mol. The quantitative estimate of drug-likeness (QED) is 0.587. The van der Waals surface area contributed by atoms with E-state index in [4.69, 9.17) is 20.5 Å². The molecule has 0 saturated carbocycles. The molecule has 0 heterocycles. The molecular formula is C14H8Br2N4O2. The zero-order valence-corrected chi connectivity index (χ0v) is 14.7. The highest BCUT2D eigenvalue weighted by atomic mass is 79.9. The maximum Gasteiger partial charge on any atom is 0.340 e. The van der Waals surface area contributed by atoms with Crippen molar-refractivity contribution >= 4 is 43.5 Å². The Hall–Kier alpha value is -2.34. The third kappa shape index (κ3) is 3.46. The predicted molar refractivity (Wildman–Crippen MR) is 85.4 cm³/mol. The number of aryl methyl sites for hydroxylation is 1. The monoisotopic (exact) mass is 422 g/mol. The second-order valence-electron chi connectivity index (χ2n) is 3.94. The molecule has 1 N–H and O–H groups in total. The van der Waals surface area contributed by atoms with E-state index >= 15 is 0 Å². The summed E-state index contributed by atoms with van der Waals surface area (Å²) < 4.78 is 5.57. The number of hydrogen-bond donors (Lipinski definition) is 1. The molecule has 22 heavy (non-hydrogen) atoms. The van der Waals surface area contributed by atoms with Crippen LogP contribution < -0.4 is 5.32 Å². The summed E-state index contributed by atoms with van der Waals surface area (Å²) in [7, 11) is 1.25. The summed E-state index contributed by atoms with van der Waals surface area (Å²) in [5, 5.41) is 29.5. The summed E-state index contributed by atoms with van der Waals surface area (Å²) in [4.78, 5) is 11.8. The van der Waals surface area contributed by atoms with Gasteiger partial charge in [-0.1, -0.05) is 0 Å². The smallest absolute Gasteiger partial charge is 0.340 e. The minimum absolute atomic E-state index is 0.202. The summed E-state index contributed by atoms with van der Waals surface area (Å²) in [6.07, 6.45) is 0. The van der Waals surface area contributed by atoms with Gasteiger partial charge in [0.05, 0.1) is 22.8 Å². The number of benzene rings is 1. The number of carbonyl (C=O) groups excluding carboxylic acids is 1. The molecule has 0 aliphatic carbocycles. The number of hydrogen-bond acceptors (Lipinski definition) is 6. The highest BCUT2D eigenvalue weighted by molar-refractivity contribution is 9.11. The molecule has 8 heteroatoms. The summed E-state index contributed by atoms with van der Waals surface area (Å²) in [6, 6.07) is 6.70. The highest BCUT2D eigenvalue weighted by Crippen LogP contribution is 2.36. The fraction of sp³-hybridized carbons (Fsp3) is 0.143. The Morgan fingerprint density at radius 3 is 2.27 bits per heavy atom. The Bertz CT molecular complexity index is 779. The molecule has 0 saturated heterocycles. The summed E-state index contributed by atoms with van der Waals surface area (Å²) >= 11 is 6.56. The first kappa shape index (κ1) is 17.7. The Morgan fingerprint density at radius 1 is 1.23 bits per heavy atom. The molecule has 0 spiro atoms. The number of rotatable bonds is 3. The number of esters is 1. The van der Waals surface area contributed by atoms with Crippen molar-refractivity contribution < 1.29 is 9.53 Å². The molecule has 110 valence electrons. The largest absolute Gasteiger partial charge is 0.465 e. The standard InChI is InChI=1S/C14H8Br2N4O2/c1-7-3-9(15)11(14(21)22-2)12(16)13(7)20-10(6-19)8(4-17)5-18/h3,20H,1-2H3. The van der Waals surface area contributed by atoms with Crippen molar-refractivity contribution in [3.8, 4) is 18.2 Å². The van der Waals surface area contributed by atoms with E-state index in [2.05, 4.69) is 37.2 Å². The van der Waals surface area contributed by atoms with E-state index in [0.29, 0.717) is 20.2 Å². The number of nitrogens with one attached hydrogen (secondary N) is 1. The second-order valence-corrected chi connectivity index (χ2v) is 5.59. The number of allylic oxidation sites excluding steroid dienone is 2. The molecule has 0 amide bonds. The second kappa shape index (κ2) is 7.61. The molecule has 1 aromatic carbocycles. The van der Waals surface area contributed by atoms with Crippen LogP contribution >= 0.6 is 31.9 Å². The van der Waals surface area contributed by atoms with Crippen molar-refractivity contribution in [1.82, 2.24) is 0 Å². The third-order valence-electron chi connectivity index (χ3n) is 2.64. The molecule has 0 unspecified atom stereocenters. The van der Waals surface area contributed by atoms with E-state index in [1.54, 1.807) is 31.2 Å². The zero-order valence-electron chi connectivity index (χ0n) is 11.5. The maximum absolute atomic E-state index is 11.8. The van der Waals surface area contributed by atoms with Crippen molar-refractivity contribution in [1.29, 1.82) is 15.8 Å². The summed E-state index contributed by atoms with van der Waals surface area (Å²) in [5.74, 6) is -0.579. The molecule has 0 aliphatic heterocycles. The first-order valence-corrected chi connectivity index (χ1v) is 7.28. The Labute approximate surface area is 143 Å². The van der Waals surface area contributed by atoms with Crippen molar-refractivity contribution in [2.45, 2.75) is 6.92 Å². The van der Waals surface area contributed by atoms with Crippen LogP contribution in [0.1, 0.15) is 15.9 Å². The van der Waals surface area contributed by atoms with Crippen LogP contribution in [-0.4, -0.2) is 13.1 Å². The Balaban J connectivity index is 3.55. The lowest BCUT2D eigenvalue weighted by molar-refractivity contribution is 0.0598. The topological polar surface area (TPSA) is 110 Å². The number of nitriles is 3. The molecule has 0 radical (unpaired) electrons. The number of methoxy groups -OCH3 is 1. The van der Waals surface area contributed by atoms with Crippen LogP contribution in [0.4, 0.5) is 5.69 Å². The fourth-order valence-corrected chi connectivity index (χ4v) is 3.34. The summed E-state index contributed by atoms with van der Waals surface area (Å²) in [5.41, 5.74) is 0.754. The van der Waals surface area contributed by atoms with Crippen molar-refractivity contribution in [3.05, 3.63) is 37.4 Å². The van der Waals surface area contributed by atoms with Gasteiger partial charge < -0.3 is 10.1 Å². The van der Waals surface area contributed by atoms with Crippen molar-refractivity contribution in [3.63, 3.8) is 0 Å².